The van der Waals surface area contributed by atoms with Crippen LogP contribution in [0.3, 0.4) is 0 Å². The van der Waals surface area contributed by atoms with Crippen LogP contribution < -0.4 is 14.9 Å². The summed E-state index contributed by atoms with van der Waals surface area (Å²) in [4.78, 5) is 27.1. The van der Waals surface area contributed by atoms with Crippen molar-refractivity contribution in [1.29, 1.82) is 5.41 Å². The van der Waals surface area contributed by atoms with E-state index < -0.39 is 16.0 Å². The Bertz CT molecular complexity index is 1230. The first kappa shape index (κ1) is 28.2. The van der Waals surface area contributed by atoms with Crippen LogP contribution in [0.25, 0.3) is 0 Å². The van der Waals surface area contributed by atoms with Gasteiger partial charge in [-0.3, -0.25) is 19.3 Å². The van der Waals surface area contributed by atoms with E-state index in [-0.39, 0.29) is 30.6 Å². The van der Waals surface area contributed by atoms with Crippen molar-refractivity contribution < 1.29 is 22.7 Å². The summed E-state index contributed by atoms with van der Waals surface area (Å²) in [5.41, 5.74) is 9.19. The quantitative estimate of drug-likeness (QED) is 0.246. The second kappa shape index (κ2) is 12.7. The SMILES string of the molecule is CCCCS(=O)(=O)N(CC(=O)OCC)c1ccc2c(c1)CCCN2C(=O)CCc1ccc(C(=N)N)cc1. The minimum atomic E-state index is -3.72. The van der Waals surface area contributed by atoms with Gasteiger partial charge in [-0.15, -0.1) is 0 Å². The Kier molecular flexibility index (Phi) is 9.68. The van der Waals surface area contributed by atoms with Crippen LogP contribution in [0.1, 0.15) is 56.2 Å². The minimum Gasteiger partial charge on any atom is -0.465 e. The Labute approximate surface area is 219 Å². The lowest BCUT2D eigenvalue weighted by Gasteiger charge is -2.31. The van der Waals surface area contributed by atoms with Crippen molar-refractivity contribution in [2.75, 3.05) is 34.7 Å². The highest BCUT2D eigenvalue weighted by molar-refractivity contribution is 7.92. The number of benzene rings is 2. The number of rotatable bonds is 12. The maximum atomic E-state index is 13.1. The number of nitrogens with two attached hydrogens (primary N) is 1. The molecule has 3 N–H and O–H groups in total. The topological polar surface area (TPSA) is 134 Å². The summed E-state index contributed by atoms with van der Waals surface area (Å²) in [5, 5.41) is 7.49. The Morgan fingerprint density at radius 1 is 1.14 bits per heavy atom. The maximum absolute atomic E-state index is 13.1. The zero-order chi connectivity index (χ0) is 27.0. The van der Waals surface area contributed by atoms with E-state index in [0.717, 1.165) is 27.5 Å². The summed E-state index contributed by atoms with van der Waals surface area (Å²) >= 11 is 0. The third-order valence-corrected chi connectivity index (χ3v) is 8.15. The van der Waals surface area contributed by atoms with Gasteiger partial charge in [0, 0.05) is 24.2 Å². The summed E-state index contributed by atoms with van der Waals surface area (Å²) in [7, 11) is -3.72. The number of carbonyl (C=O) groups is 2. The van der Waals surface area contributed by atoms with Gasteiger partial charge < -0.3 is 15.4 Å². The number of aryl methyl sites for hydroxylation is 2. The molecule has 1 aliphatic heterocycles. The maximum Gasteiger partial charge on any atom is 0.326 e. The van der Waals surface area contributed by atoms with Crippen molar-refractivity contribution in [3.63, 3.8) is 0 Å². The number of esters is 1. The van der Waals surface area contributed by atoms with Gasteiger partial charge in [0.05, 0.1) is 18.0 Å². The number of amides is 1. The average molecular weight is 529 g/mol. The second-order valence-electron chi connectivity index (χ2n) is 9.05. The summed E-state index contributed by atoms with van der Waals surface area (Å²) < 4.78 is 32.3. The fourth-order valence-corrected chi connectivity index (χ4v) is 5.96. The average Bonchev–Trinajstić information content (AvgIpc) is 2.88. The van der Waals surface area contributed by atoms with Crippen molar-refractivity contribution in [3.05, 3.63) is 59.2 Å². The lowest BCUT2D eigenvalue weighted by molar-refractivity contribution is -0.141. The molecular formula is C27H36N4O5S. The van der Waals surface area contributed by atoms with Gasteiger partial charge in [0.2, 0.25) is 15.9 Å². The number of unbranched alkanes of at least 4 members (excludes halogenated alkanes) is 1. The number of hydrogen-bond acceptors (Lipinski definition) is 6. The molecule has 0 aromatic heterocycles. The summed E-state index contributed by atoms with van der Waals surface area (Å²) in [5.74, 6) is -0.666. The molecule has 2 aromatic carbocycles. The molecule has 0 saturated carbocycles. The van der Waals surface area contributed by atoms with Gasteiger partial charge in [-0.25, -0.2) is 8.42 Å². The molecule has 0 unspecified atom stereocenters. The number of nitrogens with zero attached hydrogens (tertiary/aromatic N) is 2. The van der Waals surface area contributed by atoms with Gasteiger partial charge in [-0.2, -0.15) is 0 Å². The molecule has 3 rings (SSSR count). The van der Waals surface area contributed by atoms with Crippen LogP contribution in [0.4, 0.5) is 11.4 Å². The van der Waals surface area contributed by atoms with Crippen molar-refractivity contribution in [1.82, 2.24) is 0 Å². The van der Waals surface area contributed by atoms with E-state index in [1.807, 2.05) is 19.1 Å². The summed E-state index contributed by atoms with van der Waals surface area (Å²) in [6.07, 6.45) is 3.56. The van der Waals surface area contributed by atoms with Crippen LogP contribution in [0.5, 0.6) is 0 Å². The van der Waals surface area contributed by atoms with Gasteiger partial charge in [-0.05, 0) is 61.9 Å². The predicted molar refractivity (Wildman–Crippen MR) is 146 cm³/mol. The number of carbonyl (C=O) groups excluding carboxylic acids is 2. The Hall–Kier alpha value is -3.40. The summed E-state index contributed by atoms with van der Waals surface area (Å²) in [6.45, 7) is 3.97. The molecule has 0 fully saturated rings. The van der Waals surface area contributed by atoms with E-state index in [1.165, 1.54) is 0 Å². The lowest BCUT2D eigenvalue weighted by atomic mass is 9.99. The van der Waals surface area contributed by atoms with Gasteiger partial charge >= 0.3 is 5.97 Å². The Morgan fingerprint density at radius 3 is 2.51 bits per heavy atom. The highest BCUT2D eigenvalue weighted by Gasteiger charge is 2.28. The number of amidine groups is 1. The van der Waals surface area contributed by atoms with Gasteiger partial charge in [0.25, 0.3) is 0 Å². The number of sulfonamides is 1. The molecule has 9 nitrogen and oxygen atoms in total. The smallest absolute Gasteiger partial charge is 0.326 e. The zero-order valence-electron chi connectivity index (χ0n) is 21.5. The molecule has 1 amide bonds. The molecule has 0 radical (unpaired) electrons. The van der Waals surface area contributed by atoms with Crippen molar-refractivity contribution in [3.8, 4) is 0 Å². The monoisotopic (exact) mass is 528 g/mol. The molecule has 0 bridgehead atoms. The zero-order valence-corrected chi connectivity index (χ0v) is 22.4. The van der Waals surface area contributed by atoms with E-state index in [4.69, 9.17) is 15.9 Å². The van der Waals surface area contributed by atoms with Gasteiger partial charge in [0.1, 0.15) is 12.4 Å². The molecule has 0 atom stereocenters. The fraction of sp³-hybridized carbons (Fsp3) is 0.444. The normalized spacial score (nSPS) is 13.1. The number of ether oxygens (including phenoxy) is 1. The van der Waals surface area contributed by atoms with Crippen LogP contribution in [-0.2, 0) is 37.2 Å². The van der Waals surface area contributed by atoms with Crippen LogP contribution in [0.2, 0.25) is 0 Å². The molecule has 0 saturated heterocycles. The third-order valence-electron chi connectivity index (χ3n) is 6.33. The number of nitrogens with one attached hydrogen (secondary N) is 1. The van der Waals surface area contributed by atoms with Crippen LogP contribution in [0.15, 0.2) is 42.5 Å². The van der Waals surface area contributed by atoms with E-state index in [9.17, 15) is 18.0 Å². The number of fused-ring (bicyclic) bond motifs is 1. The number of hydrogen-bond donors (Lipinski definition) is 2. The van der Waals surface area contributed by atoms with Crippen molar-refractivity contribution in [2.24, 2.45) is 5.73 Å². The van der Waals surface area contributed by atoms with Crippen LogP contribution >= 0.6 is 0 Å². The highest BCUT2D eigenvalue weighted by Crippen LogP contribution is 2.32. The predicted octanol–water partition coefficient (Wildman–Crippen LogP) is 3.38. The molecular weight excluding hydrogens is 492 g/mol. The molecule has 1 heterocycles. The number of nitrogen functional groups attached to an aromatic ring is 1. The minimum absolute atomic E-state index is 0.00547. The lowest BCUT2D eigenvalue weighted by Crippen LogP contribution is -2.39. The van der Waals surface area contributed by atoms with Gasteiger partial charge in [0.15, 0.2) is 0 Å². The van der Waals surface area contributed by atoms with E-state index in [2.05, 4.69) is 0 Å². The first-order chi connectivity index (χ1) is 17.7. The first-order valence-corrected chi connectivity index (χ1v) is 14.3. The van der Waals surface area contributed by atoms with Gasteiger partial charge in [-0.1, -0.05) is 37.6 Å². The highest BCUT2D eigenvalue weighted by atomic mass is 32.2. The molecule has 10 heteroatoms. The molecule has 200 valence electrons. The molecule has 1 aliphatic rings. The second-order valence-corrected chi connectivity index (χ2v) is 11.1. The van der Waals surface area contributed by atoms with Crippen molar-refractivity contribution in [2.45, 2.75) is 52.4 Å². The first-order valence-electron chi connectivity index (χ1n) is 12.7. The van der Waals surface area contributed by atoms with E-state index in [0.29, 0.717) is 49.9 Å². The summed E-state index contributed by atoms with van der Waals surface area (Å²) in [6, 6.07) is 12.5. The van der Waals surface area contributed by atoms with E-state index >= 15 is 0 Å². The van der Waals surface area contributed by atoms with Crippen LogP contribution in [0, 0.1) is 5.41 Å². The Balaban J connectivity index is 1.79. The van der Waals surface area contributed by atoms with Crippen LogP contribution in [-0.4, -0.2) is 51.6 Å². The molecule has 2 aromatic rings. The number of anilines is 2. The largest absolute Gasteiger partial charge is 0.465 e. The van der Waals surface area contributed by atoms with E-state index in [1.54, 1.807) is 42.2 Å². The fourth-order valence-electron chi connectivity index (χ4n) is 4.35. The molecule has 0 spiro atoms. The molecule has 37 heavy (non-hydrogen) atoms. The van der Waals surface area contributed by atoms with Crippen molar-refractivity contribution >= 4 is 39.1 Å². The standard InChI is InChI=1S/C27H36N4O5S/c1-3-5-17-37(34,35)31(19-26(33)36-4-2)23-13-14-24-22(18-23)7-6-16-30(24)25(32)15-10-20-8-11-21(12-9-20)27(28)29/h8-9,11-14,18H,3-7,10,15-17,19H2,1-2H3,(H3,28,29). The Morgan fingerprint density at radius 2 is 1.86 bits per heavy atom. The third kappa shape index (κ3) is 7.31. The molecule has 0 aliphatic carbocycles.